The van der Waals surface area contributed by atoms with E-state index in [9.17, 15) is 13.2 Å². The summed E-state index contributed by atoms with van der Waals surface area (Å²) in [5, 5.41) is 6.13. The number of carbonyl (C=O) groups excluding carboxylic acids is 1. The highest BCUT2D eigenvalue weighted by atomic mass is 35.7. The number of aryl methyl sites for hydroxylation is 1. The number of rotatable bonds is 9. The summed E-state index contributed by atoms with van der Waals surface area (Å²) in [6.07, 6.45) is 0.335. The number of hydrogen-bond donors (Lipinski definition) is 1. The Labute approximate surface area is 127 Å². The van der Waals surface area contributed by atoms with Crippen LogP contribution in [0.1, 0.15) is 23.1 Å². The highest BCUT2D eigenvalue weighted by molar-refractivity contribution is 8.13. The number of halogens is 1. The maximum Gasteiger partial charge on any atom is 0.360 e. The van der Waals surface area contributed by atoms with Crippen LogP contribution in [0.15, 0.2) is 4.90 Å². The average Bonchev–Trinajstić information content (AvgIpc) is 2.86. The molecule has 120 valence electrons. The van der Waals surface area contributed by atoms with Gasteiger partial charge < -0.3 is 14.2 Å². The number of ether oxygens (including phenoxy) is 3. The van der Waals surface area contributed by atoms with Crippen LogP contribution in [0.3, 0.4) is 0 Å². The SMILES string of the molecule is CCc1[nH]nc(C(=O)OCCOCCOC)c1S(=O)(=O)Cl. The zero-order valence-corrected chi connectivity index (χ0v) is 13.3. The molecule has 0 fully saturated rings. The fourth-order valence-corrected chi connectivity index (χ4v) is 2.86. The van der Waals surface area contributed by atoms with Crippen molar-refractivity contribution < 1.29 is 27.4 Å². The molecule has 0 saturated carbocycles. The number of aromatic nitrogens is 2. The van der Waals surface area contributed by atoms with Crippen molar-refractivity contribution >= 4 is 25.7 Å². The Morgan fingerprint density at radius 3 is 2.52 bits per heavy atom. The van der Waals surface area contributed by atoms with Crippen molar-refractivity contribution in [3.8, 4) is 0 Å². The fourth-order valence-electron chi connectivity index (χ4n) is 1.51. The molecule has 0 saturated heterocycles. The first-order valence-electron chi connectivity index (χ1n) is 6.17. The van der Waals surface area contributed by atoms with Crippen molar-refractivity contribution in [2.75, 3.05) is 33.5 Å². The molecule has 0 atom stereocenters. The molecule has 1 aromatic heterocycles. The van der Waals surface area contributed by atoms with Gasteiger partial charge in [0.1, 0.15) is 11.5 Å². The maximum absolute atomic E-state index is 11.8. The average molecular weight is 341 g/mol. The van der Waals surface area contributed by atoms with Crippen molar-refractivity contribution in [2.24, 2.45) is 0 Å². The van der Waals surface area contributed by atoms with Gasteiger partial charge in [0.2, 0.25) is 0 Å². The molecule has 0 aliphatic heterocycles. The van der Waals surface area contributed by atoms with E-state index in [1.807, 2.05) is 0 Å². The molecule has 8 nitrogen and oxygen atoms in total. The molecule has 1 aromatic rings. The van der Waals surface area contributed by atoms with E-state index >= 15 is 0 Å². The minimum atomic E-state index is -4.09. The summed E-state index contributed by atoms with van der Waals surface area (Å²) < 4.78 is 37.8. The van der Waals surface area contributed by atoms with E-state index in [2.05, 4.69) is 10.2 Å². The van der Waals surface area contributed by atoms with Gasteiger partial charge >= 0.3 is 5.97 Å². The van der Waals surface area contributed by atoms with Crippen LogP contribution in [-0.4, -0.2) is 58.1 Å². The molecular weight excluding hydrogens is 324 g/mol. The maximum atomic E-state index is 11.8. The number of aromatic amines is 1. The Kier molecular flexibility index (Phi) is 7.09. The summed E-state index contributed by atoms with van der Waals surface area (Å²) in [4.78, 5) is 11.5. The molecule has 0 bridgehead atoms. The number of methoxy groups -OCH3 is 1. The number of nitrogens with one attached hydrogen (secondary N) is 1. The highest BCUT2D eigenvalue weighted by Gasteiger charge is 2.28. The van der Waals surface area contributed by atoms with E-state index in [4.69, 9.17) is 24.9 Å². The van der Waals surface area contributed by atoms with E-state index in [-0.39, 0.29) is 29.5 Å². The third-order valence-electron chi connectivity index (χ3n) is 2.48. The van der Waals surface area contributed by atoms with Crippen LogP contribution in [0, 0.1) is 0 Å². The molecule has 1 rings (SSSR count). The van der Waals surface area contributed by atoms with Crippen molar-refractivity contribution in [1.29, 1.82) is 0 Å². The smallest absolute Gasteiger partial charge is 0.360 e. The van der Waals surface area contributed by atoms with E-state index in [0.717, 1.165) is 0 Å². The first kappa shape index (κ1) is 17.9. The van der Waals surface area contributed by atoms with Gasteiger partial charge in [-0.15, -0.1) is 0 Å². The minimum absolute atomic E-state index is 0.0291. The second-order valence-electron chi connectivity index (χ2n) is 3.91. The first-order valence-corrected chi connectivity index (χ1v) is 8.48. The highest BCUT2D eigenvalue weighted by Crippen LogP contribution is 2.23. The summed E-state index contributed by atoms with van der Waals surface area (Å²) in [6.45, 7) is 2.65. The van der Waals surface area contributed by atoms with Gasteiger partial charge in [-0.2, -0.15) is 5.10 Å². The van der Waals surface area contributed by atoms with Crippen molar-refractivity contribution in [1.82, 2.24) is 10.2 Å². The van der Waals surface area contributed by atoms with E-state index in [1.54, 1.807) is 14.0 Å². The van der Waals surface area contributed by atoms with E-state index in [0.29, 0.717) is 19.6 Å². The molecule has 0 aliphatic carbocycles. The lowest BCUT2D eigenvalue weighted by atomic mass is 10.3. The lowest BCUT2D eigenvalue weighted by Crippen LogP contribution is -2.14. The molecular formula is C11H17ClN2O6S. The van der Waals surface area contributed by atoms with Gasteiger partial charge in [-0.1, -0.05) is 6.92 Å². The summed E-state index contributed by atoms with van der Waals surface area (Å²) in [5.74, 6) is -0.875. The van der Waals surface area contributed by atoms with Gasteiger partial charge in [-0.05, 0) is 6.42 Å². The van der Waals surface area contributed by atoms with Crippen LogP contribution in [-0.2, 0) is 29.7 Å². The molecule has 0 unspecified atom stereocenters. The zero-order valence-electron chi connectivity index (χ0n) is 11.7. The van der Waals surface area contributed by atoms with Crippen LogP contribution >= 0.6 is 10.7 Å². The van der Waals surface area contributed by atoms with E-state index < -0.39 is 15.0 Å². The minimum Gasteiger partial charge on any atom is -0.458 e. The largest absolute Gasteiger partial charge is 0.458 e. The van der Waals surface area contributed by atoms with Gasteiger partial charge in [0.25, 0.3) is 9.05 Å². The Morgan fingerprint density at radius 2 is 1.95 bits per heavy atom. The second kappa shape index (κ2) is 8.32. The Morgan fingerprint density at radius 1 is 1.29 bits per heavy atom. The quantitative estimate of drug-likeness (QED) is 0.401. The number of esters is 1. The van der Waals surface area contributed by atoms with Crippen molar-refractivity contribution in [3.05, 3.63) is 11.4 Å². The third kappa shape index (κ3) is 5.27. The number of hydrogen-bond acceptors (Lipinski definition) is 7. The Bertz CT molecular complexity index is 571. The summed E-state index contributed by atoms with van der Waals surface area (Å²) in [7, 11) is 2.77. The molecule has 1 heterocycles. The Hall–Kier alpha value is -1.16. The lowest BCUT2D eigenvalue weighted by molar-refractivity contribution is 0.0206. The van der Waals surface area contributed by atoms with E-state index in [1.165, 1.54) is 0 Å². The normalized spacial score (nSPS) is 11.6. The molecule has 0 aromatic carbocycles. The van der Waals surface area contributed by atoms with Crippen molar-refractivity contribution in [2.45, 2.75) is 18.2 Å². The topological polar surface area (TPSA) is 108 Å². The monoisotopic (exact) mass is 340 g/mol. The standard InChI is InChI=1S/C11H17ClN2O6S/c1-3-8-10(21(12,16)17)9(14-13-8)11(15)20-7-6-19-5-4-18-2/h3-7H2,1-2H3,(H,13,14). The van der Waals surface area contributed by atoms with Crippen LogP contribution in [0.5, 0.6) is 0 Å². The molecule has 1 N–H and O–H groups in total. The fraction of sp³-hybridized carbons (Fsp3) is 0.636. The van der Waals surface area contributed by atoms with Gasteiger partial charge in [0, 0.05) is 17.8 Å². The zero-order chi connectivity index (χ0) is 15.9. The molecule has 21 heavy (non-hydrogen) atoms. The van der Waals surface area contributed by atoms with Gasteiger partial charge in [0.15, 0.2) is 5.69 Å². The molecule has 0 spiro atoms. The number of H-pyrrole nitrogens is 1. The van der Waals surface area contributed by atoms with Crippen LogP contribution in [0.4, 0.5) is 0 Å². The number of carbonyl (C=O) groups is 1. The summed E-state index contributed by atoms with van der Waals surface area (Å²) in [5.41, 5.74) is -0.0907. The van der Waals surface area contributed by atoms with Gasteiger partial charge in [0.05, 0.1) is 25.5 Å². The van der Waals surface area contributed by atoms with Crippen LogP contribution in [0.25, 0.3) is 0 Å². The van der Waals surface area contributed by atoms with Crippen LogP contribution in [0.2, 0.25) is 0 Å². The Balaban J connectivity index is 2.65. The molecule has 10 heteroatoms. The van der Waals surface area contributed by atoms with Crippen LogP contribution < -0.4 is 0 Å². The first-order chi connectivity index (χ1) is 9.91. The van der Waals surface area contributed by atoms with Crippen molar-refractivity contribution in [3.63, 3.8) is 0 Å². The number of nitrogens with zero attached hydrogens (tertiary/aromatic N) is 1. The second-order valence-corrected chi connectivity index (χ2v) is 6.42. The predicted octanol–water partition coefficient (Wildman–Crippen LogP) is 0.719. The summed E-state index contributed by atoms with van der Waals surface area (Å²) >= 11 is 0. The summed E-state index contributed by atoms with van der Waals surface area (Å²) in [6, 6.07) is 0. The molecule has 0 amide bonds. The molecule has 0 aliphatic rings. The predicted molar refractivity (Wildman–Crippen MR) is 74.0 cm³/mol. The van der Waals surface area contributed by atoms with Gasteiger partial charge in [-0.25, -0.2) is 13.2 Å². The lowest BCUT2D eigenvalue weighted by Gasteiger charge is -2.05. The van der Waals surface area contributed by atoms with Gasteiger partial charge in [-0.3, -0.25) is 5.10 Å². The third-order valence-corrected chi connectivity index (χ3v) is 3.87. The molecule has 0 radical (unpaired) electrons.